The van der Waals surface area contributed by atoms with E-state index in [0.717, 1.165) is 5.69 Å². The van der Waals surface area contributed by atoms with Crippen LogP contribution >= 0.6 is 11.6 Å². The molecule has 0 radical (unpaired) electrons. The number of hydrogen-bond donors (Lipinski definition) is 2. The maximum absolute atomic E-state index is 11.0. The summed E-state index contributed by atoms with van der Waals surface area (Å²) in [5.74, 6) is -0.682. The molecular weight excluding hydrogens is 268 g/mol. The third kappa shape index (κ3) is 3.03. The molecule has 0 bridgehead atoms. The molecule has 7 heteroatoms. The molecular formula is C12H13ClN4O2. The lowest BCUT2D eigenvalue weighted by molar-refractivity contribution is 0.0697. The highest BCUT2D eigenvalue weighted by Crippen LogP contribution is 2.21. The van der Waals surface area contributed by atoms with Crippen LogP contribution in [0.3, 0.4) is 0 Å². The van der Waals surface area contributed by atoms with Crippen LogP contribution in [0, 0.1) is 0 Å². The lowest BCUT2D eigenvalue weighted by Crippen LogP contribution is -2.01. The van der Waals surface area contributed by atoms with Gasteiger partial charge in [0.1, 0.15) is 5.82 Å². The summed E-state index contributed by atoms with van der Waals surface area (Å²) in [7, 11) is 0. The number of carboxylic acids is 1. The van der Waals surface area contributed by atoms with Gasteiger partial charge in [-0.25, -0.2) is 9.78 Å². The molecule has 0 spiro atoms. The third-order valence-electron chi connectivity index (χ3n) is 2.49. The van der Waals surface area contributed by atoms with Gasteiger partial charge in [0.05, 0.1) is 22.5 Å². The van der Waals surface area contributed by atoms with E-state index in [-0.39, 0.29) is 16.6 Å². The van der Waals surface area contributed by atoms with E-state index in [9.17, 15) is 4.79 Å². The Morgan fingerprint density at radius 1 is 1.47 bits per heavy atom. The number of nitrogens with one attached hydrogen (secondary N) is 1. The normalized spacial score (nSPS) is 10.7. The van der Waals surface area contributed by atoms with Crippen molar-refractivity contribution in [2.75, 3.05) is 5.32 Å². The lowest BCUT2D eigenvalue weighted by atomic mass is 10.2. The molecule has 100 valence electrons. The van der Waals surface area contributed by atoms with Gasteiger partial charge >= 0.3 is 5.97 Å². The van der Waals surface area contributed by atoms with Crippen molar-refractivity contribution in [3.8, 4) is 0 Å². The van der Waals surface area contributed by atoms with Gasteiger partial charge in [-0.2, -0.15) is 5.10 Å². The minimum Gasteiger partial charge on any atom is -0.478 e. The number of aromatic carboxylic acids is 1. The molecule has 0 aliphatic carbocycles. The predicted molar refractivity (Wildman–Crippen MR) is 72.1 cm³/mol. The zero-order valence-corrected chi connectivity index (χ0v) is 11.2. The fraction of sp³-hybridized carbons (Fsp3) is 0.250. The van der Waals surface area contributed by atoms with E-state index in [4.69, 9.17) is 16.7 Å². The molecule has 0 unspecified atom stereocenters. The quantitative estimate of drug-likeness (QED) is 0.900. The van der Waals surface area contributed by atoms with Gasteiger partial charge < -0.3 is 10.4 Å². The van der Waals surface area contributed by atoms with E-state index in [0.29, 0.717) is 5.82 Å². The van der Waals surface area contributed by atoms with Crippen molar-refractivity contribution in [3.05, 3.63) is 35.2 Å². The van der Waals surface area contributed by atoms with Crippen molar-refractivity contribution < 1.29 is 9.90 Å². The Kier molecular flexibility index (Phi) is 3.71. The second kappa shape index (κ2) is 5.27. The first-order chi connectivity index (χ1) is 8.97. The van der Waals surface area contributed by atoms with Crippen LogP contribution in [0.5, 0.6) is 0 Å². The number of anilines is 2. The number of rotatable bonds is 4. The first-order valence-corrected chi connectivity index (χ1v) is 6.05. The summed E-state index contributed by atoms with van der Waals surface area (Å²) in [6.07, 6.45) is 4.78. The highest BCUT2D eigenvalue weighted by Gasteiger charge is 2.11. The average Bonchev–Trinajstić information content (AvgIpc) is 2.80. The summed E-state index contributed by atoms with van der Waals surface area (Å²) in [4.78, 5) is 15.0. The van der Waals surface area contributed by atoms with E-state index in [1.165, 1.54) is 12.3 Å². The zero-order chi connectivity index (χ0) is 14.0. The summed E-state index contributed by atoms with van der Waals surface area (Å²) in [6.45, 7) is 4.03. The molecule has 2 heterocycles. The number of pyridine rings is 1. The molecule has 2 rings (SSSR count). The second-order valence-corrected chi connectivity index (χ2v) is 4.69. The second-order valence-electron chi connectivity index (χ2n) is 4.28. The first-order valence-electron chi connectivity index (χ1n) is 5.67. The SMILES string of the molecule is CC(C)n1cc(Nc2cc(C(=O)O)c(Cl)cn2)cn1. The van der Waals surface area contributed by atoms with Gasteiger partial charge in [0, 0.05) is 18.4 Å². The largest absolute Gasteiger partial charge is 0.478 e. The molecule has 0 fully saturated rings. The summed E-state index contributed by atoms with van der Waals surface area (Å²) < 4.78 is 1.79. The van der Waals surface area contributed by atoms with Gasteiger partial charge in [0.2, 0.25) is 0 Å². The van der Waals surface area contributed by atoms with Crippen molar-refractivity contribution in [2.24, 2.45) is 0 Å². The van der Waals surface area contributed by atoms with Crippen LogP contribution in [0.15, 0.2) is 24.7 Å². The van der Waals surface area contributed by atoms with Crippen LogP contribution in [-0.2, 0) is 0 Å². The Bertz CT molecular complexity index is 610. The average molecular weight is 281 g/mol. The van der Waals surface area contributed by atoms with Crippen molar-refractivity contribution in [3.63, 3.8) is 0 Å². The standard InChI is InChI=1S/C12H13ClN4O2/c1-7(2)17-6-8(4-15-17)16-11-3-9(12(18)19)10(13)5-14-11/h3-7H,1-2H3,(H,14,16)(H,18,19). The van der Waals surface area contributed by atoms with Crippen LogP contribution in [0.25, 0.3) is 0 Å². The van der Waals surface area contributed by atoms with Crippen LogP contribution in [-0.4, -0.2) is 25.8 Å². The Balaban J connectivity index is 2.23. The van der Waals surface area contributed by atoms with Gasteiger partial charge in [-0.15, -0.1) is 0 Å². The molecule has 0 amide bonds. The lowest BCUT2D eigenvalue weighted by Gasteiger charge is -2.05. The smallest absolute Gasteiger partial charge is 0.337 e. The molecule has 2 aromatic heterocycles. The number of carboxylic acid groups (broad SMARTS) is 1. The molecule has 0 saturated carbocycles. The van der Waals surface area contributed by atoms with Crippen molar-refractivity contribution >= 4 is 29.1 Å². The maximum Gasteiger partial charge on any atom is 0.337 e. The summed E-state index contributed by atoms with van der Waals surface area (Å²) in [6, 6.07) is 1.64. The zero-order valence-electron chi connectivity index (χ0n) is 10.5. The van der Waals surface area contributed by atoms with E-state index in [1.807, 2.05) is 20.0 Å². The van der Waals surface area contributed by atoms with E-state index < -0.39 is 5.97 Å². The summed E-state index contributed by atoms with van der Waals surface area (Å²) >= 11 is 5.75. The summed E-state index contributed by atoms with van der Waals surface area (Å²) in [5, 5.41) is 16.2. The Morgan fingerprint density at radius 3 is 2.79 bits per heavy atom. The monoisotopic (exact) mass is 280 g/mol. The van der Waals surface area contributed by atoms with Crippen LogP contribution in [0.4, 0.5) is 11.5 Å². The predicted octanol–water partition coefficient (Wildman–Crippen LogP) is 2.95. The molecule has 0 aliphatic rings. The van der Waals surface area contributed by atoms with E-state index >= 15 is 0 Å². The topological polar surface area (TPSA) is 80.0 Å². The Morgan fingerprint density at radius 2 is 2.21 bits per heavy atom. The van der Waals surface area contributed by atoms with Gasteiger partial charge in [-0.1, -0.05) is 11.6 Å². The first kappa shape index (κ1) is 13.4. The highest BCUT2D eigenvalue weighted by molar-refractivity contribution is 6.33. The van der Waals surface area contributed by atoms with Crippen molar-refractivity contribution in [1.82, 2.24) is 14.8 Å². The summed E-state index contributed by atoms with van der Waals surface area (Å²) in [5.41, 5.74) is 0.746. The Labute approximate surface area is 115 Å². The van der Waals surface area contributed by atoms with Gasteiger partial charge in [-0.05, 0) is 19.9 Å². The van der Waals surface area contributed by atoms with Gasteiger partial charge in [0.25, 0.3) is 0 Å². The number of halogens is 1. The van der Waals surface area contributed by atoms with Crippen LogP contribution in [0.2, 0.25) is 5.02 Å². The van der Waals surface area contributed by atoms with E-state index in [1.54, 1.807) is 10.9 Å². The molecule has 0 aliphatic heterocycles. The molecule has 0 atom stereocenters. The molecule has 0 saturated heterocycles. The number of hydrogen-bond acceptors (Lipinski definition) is 4. The minimum absolute atomic E-state index is 0.00965. The molecule has 2 N–H and O–H groups in total. The van der Waals surface area contributed by atoms with Crippen LogP contribution < -0.4 is 5.32 Å². The third-order valence-corrected chi connectivity index (χ3v) is 2.79. The van der Waals surface area contributed by atoms with Crippen LogP contribution in [0.1, 0.15) is 30.2 Å². The molecule has 6 nitrogen and oxygen atoms in total. The number of aromatic nitrogens is 3. The van der Waals surface area contributed by atoms with Gasteiger partial charge in [-0.3, -0.25) is 4.68 Å². The number of carbonyl (C=O) groups is 1. The highest BCUT2D eigenvalue weighted by atomic mass is 35.5. The Hall–Kier alpha value is -2.08. The maximum atomic E-state index is 11.0. The van der Waals surface area contributed by atoms with Crippen molar-refractivity contribution in [1.29, 1.82) is 0 Å². The molecule has 2 aromatic rings. The van der Waals surface area contributed by atoms with Gasteiger partial charge in [0.15, 0.2) is 0 Å². The minimum atomic E-state index is -1.09. The fourth-order valence-corrected chi connectivity index (χ4v) is 1.69. The molecule has 0 aromatic carbocycles. The molecule has 19 heavy (non-hydrogen) atoms. The fourth-order valence-electron chi connectivity index (χ4n) is 1.50. The van der Waals surface area contributed by atoms with E-state index in [2.05, 4.69) is 15.4 Å². The van der Waals surface area contributed by atoms with Crippen molar-refractivity contribution in [2.45, 2.75) is 19.9 Å². The number of nitrogens with zero attached hydrogens (tertiary/aromatic N) is 3.